The highest BCUT2D eigenvalue weighted by Crippen LogP contribution is 2.16. The summed E-state index contributed by atoms with van der Waals surface area (Å²) in [5.41, 5.74) is 0.174. The van der Waals surface area contributed by atoms with Crippen LogP contribution in [0, 0.1) is 10.1 Å². The van der Waals surface area contributed by atoms with Crippen molar-refractivity contribution in [3.8, 4) is 0 Å². The van der Waals surface area contributed by atoms with E-state index in [0.29, 0.717) is 19.4 Å². The molecule has 7 heteroatoms. The van der Waals surface area contributed by atoms with Gasteiger partial charge < -0.3 is 15.0 Å². The van der Waals surface area contributed by atoms with Gasteiger partial charge in [-0.1, -0.05) is 6.92 Å². The number of nitrogens with one attached hydrogen (secondary N) is 1. The first-order valence-electron chi connectivity index (χ1n) is 6.29. The zero-order valence-electron chi connectivity index (χ0n) is 11.1. The van der Waals surface area contributed by atoms with E-state index in [1.54, 1.807) is 4.57 Å². The lowest BCUT2D eigenvalue weighted by Gasteiger charge is -2.16. The lowest BCUT2D eigenvalue weighted by Crippen LogP contribution is -2.36. The van der Waals surface area contributed by atoms with Crippen LogP contribution in [0.3, 0.4) is 0 Å². The Bertz CT molecular complexity index is 456. The van der Waals surface area contributed by atoms with Gasteiger partial charge in [-0.15, -0.1) is 0 Å². The lowest BCUT2D eigenvalue weighted by atomic mass is 10.1. The van der Waals surface area contributed by atoms with E-state index in [9.17, 15) is 14.9 Å². The molecule has 0 saturated carbocycles. The average Bonchev–Trinajstić information content (AvgIpc) is 2.82. The molecule has 1 rings (SSSR count). The molecule has 2 N–H and O–H groups in total. The second-order valence-corrected chi connectivity index (χ2v) is 4.22. The number of aliphatic hydroxyl groups is 1. The zero-order chi connectivity index (χ0) is 14.4. The van der Waals surface area contributed by atoms with Gasteiger partial charge in [0.25, 0.3) is 11.6 Å². The zero-order valence-corrected chi connectivity index (χ0v) is 11.1. The van der Waals surface area contributed by atoms with Gasteiger partial charge in [0.15, 0.2) is 0 Å². The molecule has 0 aliphatic carbocycles. The summed E-state index contributed by atoms with van der Waals surface area (Å²) in [6.45, 7) is 4.19. The van der Waals surface area contributed by atoms with Crippen molar-refractivity contribution in [3.05, 3.63) is 28.1 Å². The van der Waals surface area contributed by atoms with Crippen molar-refractivity contribution in [3.63, 3.8) is 0 Å². The van der Waals surface area contributed by atoms with Gasteiger partial charge in [0.1, 0.15) is 5.69 Å². The Kier molecular flexibility index (Phi) is 5.50. The third-order valence-corrected chi connectivity index (χ3v) is 2.97. The summed E-state index contributed by atoms with van der Waals surface area (Å²) >= 11 is 0. The Hall–Kier alpha value is -1.89. The van der Waals surface area contributed by atoms with Crippen molar-refractivity contribution in [2.75, 3.05) is 6.61 Å². The minimum absolute atomic E-state index is 0.00623. The van der Waals surface area contributed by atoms with Crippen LogP contribution in [0.4, 0.5) is 5.69 Å². The van der Waals surface area contributed by atoms with Crippen molar-refractivity contribution >= 4 is 11.6 Å². The third kappa shape index (κ3) is 3.78. The van der Waals surface area contributed by atoms with Crippen LogP contribution in [0.5, 0.6) is 0 Å². The summed E-state index contributed by atoms with van der Waals surface area (Å²) < 4.78 is 1.54. The summed E-state index contributed by atoms with van der Waals surface area (Å²) in [6.07, 6.45) is 2.51. The molecular formula is C12H19N3O4. The Morgan fingerprint density at radius 2 is 2.26 bits per heavy atom. The highest BCUT2D eigenvalue weighted by atomic mass is 16.6. The van der Waals surface area contributed by atoms with Crippen LogP contribution in [0.1, 0.15) is 37.2 Å². The molecule has 0 fully saturated rings. The molecule has 0 spiro atoms. The number of aryl methyl sites for hydroxylation is 1. The van der Waals surface area contributed by atoms with Crippen molar-refractivity contribution in [2.24, 2.45) is 0 Å². The summed E-state index contributed by atoms with van der Waals surface area (Å²) in [5, 5.41) is 22.4. The van der Waals surface area contributed by atoms with Crippen LogP contribution >= 0.6 is 0 Å². The molecular weight excluding hydrogens is 250 g/mol. The van der Waals surface area contributed by atoms with Crippen LogP contribution in [-0.2, 0) is 6.54 Å². The van der Waals surface area contributed by atoms with E-state index in [-0.39, 0.29) is 29.9 Å². The largest absolute Gasteiger partial charge is 0.396 e. The number of carbonyl (C=O) groups is 1. The SMILES string of the molecule is CCC(CCO)NC(=O)c1cc([N+](=O)[O-])cn1CC. The first kappa shape index (κ1) is 15.2. The summed E-state index contributed by atoms with van der Waals surface area (Å²) in [5.74, 6) is -0.352. The summed E-state index contributed by atoms with van der Waals surface area (Å²) in [4.78, 5) is 22.3. The van der Waals surface area contributed by atoms with Crippen LogP contribution < -0.4 is 5.32 Å². The Morgan fingerprint density at radius 1 is 1.58 bits per heavy atom. The maximum absolute atomic E-state index is 12.1. The standard InChI is InChI=1S/C12H19N3O4/c1-3-9(5-6-16)13-12(17)11-7-10(15(18)19)8-14(11)4-2/h7-9,16H,3-6H2,1-2H3,(H,13,17). The molecule has 0 saturated heterocycles. The van der Waals surface area contributed by atoms with Crippen molar-refractivity contribution in [1.29, 1.82) is 0 Å². The smallest absolute Gasteiger partial charge is 0.287 e. The average molecular weight is 269 g/mol. The Labute approximate surface area is 111 Å². The van der Waals surface area contributed by atoms with E-state index in [1.807, 2.05) is 13.8 Å². The molecule has 1 amide bonds. The van der Waals surface area contributed by atoms with Crippen LogP contribution in [0.2, 0.25) is 0 Å². The number of aromatic nitrogens is 1. The quantitative estimate of drug-likeness (QED) is 0.576. The van der Waals surface area contributed by atoms with Crippen molar-refractivity contribution in [2.45, 2.75) is 39.3 Å². The predicted octanol–water partition coefficient (Wildman–Crippen LogP) is 1.31. The minimum Gasteiger partial charge on any atom is -0.396 e. The van der Waals surface area contributed by atoms with Crippen LogP contribution in [0.25, 0.3) is 0 Å². The van der Waals surface area contributed by atoms with Gasteiger partial charge in [-0.2, -0.15) is 0 Å². The number of rotatable bonds is 7. The number of amides is 1. The van der Waals surface area contributed by atoms with Crippen LogP contribution in [0.15, 0.2) is 12.3 Å². The highest BCUT2D eigenvalue weighted by molar-refractivity contribution is 5.93. The Balaban J connectivity index is 2.89. The van der Waals surface area contributed by atoms with Crippen molar-refractivity contribution in [1.82, 2.24) is 9.88 Å². The van der Waals surface area contributed by atoms with Crippen molar-refractivity contribution < 1.29 is 14.8 Å². The second-order valence-electron chi connectivity index (χ2n) is 4.22. The molecule has 7 nitrogen and oxygen atoms in total. The van der Waals surface area contributed by atoms with Gasteiger partial charge in [0.2, 0.25) is 0 Å². The van der Waals surface area contributed by atoms with Gasteiger partial charge in [-0.25, -0.2) is 0 Å². The molecule has 1 heterocycles. The lowest BCUT2D eigenvalue weighted by molar-refractivity contribution is -0.384. The van der Waals surface area contributed by atoms with E-state index in [0.717, 1.165) is 0 Å². The fraction of sp³-hybridized carbons (Fsp3) is 0.583. The fourth-order valence-corrected chi connectivity index (χ4v) is 1.84. The summed E-state index contributed by atoms with van der Waals surface area (Å²) in [6, 6.07) is 1.14. The molecule has 1 atom stereocenters. The fourth-order valence-electron chi connectivity index (χ4n) is 1.84. The molecule has 0 bridgehead atoms. The highest BCUT2D eigenvalue weighted by Gasteiger charge is 2.20. The molecule has 19 heavy (non-hydrogen) atoms. The van der Waals surface area contributed by atoms with Gasteiger partial charge in [0, 0.05) is 25.3 Å². The molecule has 1 aromatic rings. The number of carbonyl (C=O) groups excluding carboxylic acids is 1. The van der Waals surface area contributed by atoms with Gasteiger partial charge in [-0.3, -0.25) is 14.9 Å². The molecule has 0 aliphatic rings. The third-order valence-electron chi connectivity index (χ3n) is 2.97. The van der Waals surface area contributed by atoms with E-state index < -0.39 is 4.92 Å². The molecule has 1 aromatic heterocycles. The maximum Gasteiger partial charge on any atom is 0.287 e. The van der Waals surface area contributed by atoms with Gasteiger partial charge >= 0.3 is 0 Å². The van der Waals surface area contributed by atoms with E-state index >= 15 is 0 Å². The number of hydrogen-bond acceptors (Lipinski definition) is 4. The minimum atomic E-state index is -0.520. The van der Waals surface area contributed by atoms with E-state index in [4.69, 9.17) is 5.11 Å². The van der Waals surface area contributed by atoms with Gasteiger partial charge in [0.05, 0.1) is 11.1 Å². The maximum atomic E-state index is 12.1. The first-order chi connectivity index (χ1) is 9.03. The van der Waals surface area contributed by atoms with E-state index in [2.05, 4.69) is 5.32 Å². The molecule has 1 unspecified atom stereocenters. The molecule has 0 aliphatic heterocycles. The summed E-state index contributed by atoms with van der Waals surface area (Å²) in [7, 11) is 0. The predicted molar refractivity (Wildman–Crippen MR) is 70.0 cm³/mol. The van der Waals surface area contributed by atoms with Crippen LogP contribution in [-0.4, -0.2) is 33.2 Å². The number of aliphatic hydroxyl groups excluding tert-OH is 1. The topological polar surface area (TPSA) is 97.4 Å². The van der Waals surface area contributed by atoms with Gasteiger partial charge in [-0.05, 0) is 19.8 Å². The van der Waals surface area contributed by atoms with E-state index in [1.165, 1.54) is 12.3 Å². The second kappa shape index (κ2) is 6.89. The monoisotopic (exact) mass is 269 g/mol. The first-order valence-corrected chi connectivity index (χ1v) is 6.29. The number of hydrogen-bond donors (Lipinski definition) is 2. The number of nitro groups is 1. The molecule has 106 valence electrons. The molecule has 0 aromatic carbocycles. The Morgan fingerprint density at radius 3 is 2.74 bits per heavy atom. The normalized spacial score (nSPS) is 12.2. The number of nitrogens with zero attached hydrogens (tertiary/aromatic N) is 2. The molecule has 0 radical (unpaired) electrons.